The molecule has 4 aromatic rings. The van der Waals surface area contributed by atoms with Gasteiger partial charge in [0.2, 0.25) is 11.2 Å². The fraction of sp³-hybridized carbons (Fsp3) is 0.154. The fourth-order valence-electron chi connectivity index (χ4n) is 3.45. The molecule has 0 spiro atoms. The van der Waals surface area contributed by atoms with E-state index in [1.54, 1.807) is 49.6 Å². The molecule has 0 unspecified atom stereocenters. The van der Waals surface area contributed by atoms with Crippen LogP contribution in [0.3, 0.4) is 0 Å². The van der Waals surface area contributed by atoms with Gasteiger partial charge in [0.1, 0.15) is 17.9 Å². The van der Waals surface area contributed by atoms with Crippen molar-refractivity contribution in [2.45, 2.75) is 20.5 Å². The summed E-state index contributed by atoms with van der Waals surface area (Å²) in [5.74, 6) is 0.0348. The zero-order valence-corrected chi connectivity index (χ0v) is 18.0. The molecule has 4 rings (SSSR count). The zero-order valence-electron chi connectivity index (χ0n) is 18.0. The van der Waals surface area contributed by atoms with Crippen molar-refractivity contribution in [2.75, 3.05) is 7.11 Å². The van der Waals surface area contributed by atoms with Crippen molar-refractivity contribution in [3.8, 4) is 22.8 Å². The van der Waals surface area contributed by atoms with Gasteiger partial charge < -0.3 is 19.0 Å². The molecule has 0 saturated heterocycles. The maximum Gasteiger partial charge on any atom is 0.335 e. The summed E-state index contributed by atoms with van der Waals surface area (Å²) in [5, 5.41) is 9.66. The lowest BCUT2D eigenvalue weighted by Crippen LogP contribution is -2.11. The molecule has 6 heteroatoms. The standard InChI is InChI=1S/C26H22O6/c1-15-11-21-22(12-16(15)2)32-24(18-7-9-20(30-3)10-8-18)25(23(21)27)31-14-17-5-4-6-19(13-17)26(28)29/h4-13H,14H2,1-3H3,(H,28,29). The van der Waals surface area contributed by atoms with Crippen LogP contribution in [0.5, 0.6) is 11.5 Å². The van der Waals surface area contributed by atoms with Crippen LogP contribution in [0.25, 0.3) is 22.3 Å². The quantitative estimate of drug-likeness (QED) is 0.443. The molecule has 32 heavy (non-hydrogen) atoms. The Morgan fingerprint density at radius 3 is 2.41 bits per heavy atom. The molecular weight excluding hydrogens is 408 g/mol. The normalized spacial score (nSPS) is 10.8. The third kappa shape index (κ3) is 4.07. The van der Waals surface area contributed by atoms with E-state index in [-0.39, 0.29) is 23.3 Å². The molecule has 0 radical (unpaired) electrons. The number of rotatable bonds is 6. The van der Waals surface area contributed by atoms with Crippen LogP contribution < -0.4 is 14.9 Å². The van der Waals surface area contributed by atoms with E-state index < -0.39 is 5.97 Å². The summed E-state index contributed by atoms with van der Waals surface area (Å²) in [6.07, 6.45) is 0. The average Bonchev–Trinajstić information content (AvgIpc) is 2.80. The second kappa shape index (κ2) is 8.59. The summed E-state index contributed by atoms with van der Waals surface area (Å²) in [6, 6.07) is 17.2. The van der Waals surface area contributed by atoms with Crippen LogP contribution in [-0.2, 0) is 6.61 Å². The molecule has 0 aliphatic heterocycles. The van der Waals surface area contributed by atoms with Crippen LogP contribution in [0.4, 0.5) is 0 Å². The first-order chi connectivity index (χ1) is 15.4. The largest absolute Gasteiger partial charge is 0.497 e. The van der Waals surface area contributed by atoms with Gasteiger partial charge >= 0.3 is 5.97 Å². The van der Waals surface area contributed by atoms with Crippen molar-refractivity contribution >= 4 is 16.9 Å². The van der Waals surface area contributed by atoms with Crippen LogP contribution in [0, 0.1) is 13.8 Å². The minimum absolute atomic E-state index is 0.0192. The average molecular weight is 430 g/mol. The SMILES string of the molecule is COc1ccc(-c2oc3cc(C)c(C)cc3c(=O)c2OCc2cccc(C(=O)O)c2)cc1. The first kappa shape index (κ1) is 21.2. The van der Waals surface area contributed by atoms with Gasteiger partial charge in [0.25, 0.3) is 0 Å². The molecule has 0 aliphatic carbocycles. The third-order valence-electron chi connectivity index (χ3n) is 5.37. The van der Waals surface area contributed by atoms with Gasteiger partial charge in [-0.1, -0.05) is 12.1 Å². The molecule has 0 bridgehead atoms. The number of hydrogen-bond acceptors (Lipinski definition) is 5. The highest BCUT2D eigenvalue weighted by molar-refractivity contribution is 5.87. The van der Waals surface area contributed by atoms with Crippen molar-refractivity contribution in [1.82, 2.24) is 0 Å². The van der Waals surface area contributed by atoms with Gasteiger partial charge in [-0.3, -0.25) is 4.79 Å². The van der Waals surface area contributed by atoms with Crippen LogP contribution in [0.15, 0.2) is 69.9 Å². The number of benzene rings is 3. The number of carboxylic acids is 1. The van der Waals surface area contributed by atoms with Crippen molar-refractivity contribution in [1.29, 1.82) is 0 Å². The first-order valence-electron chi connectivity index (χ1n) is 10.0. The molecule has 0 fully saturated rings. The van der Waals surface area contributed by atoms with Gasteiger partial charge in [0, 0.05) is 5.56 Å². The predicted molar refractivity (Wildman–Crippen MR) is 122 cm³/mol. The van der Waals surface area contributed by atoms with E-state index in [1.165, 1.54) is 12.1 Å². The Kier molecular flexibility index (Phi) is 5.69. The molecule has 1 N–H and O–H groups in total. The molecular formula is C26H22O6. The van der Waals surface area contributed by atoms with Crippen LogP contribution in [0.1, 0.15) is 27.0 Å². The van der Waals surface area contributed by atoms with Gasteiger partial charge in [0.05, 0.1) is 18.1 Å². The Labute approximate surface area is 184 Å². The van der Waals surface area contributed by atoms with Crippen LogP contribution in [0.2, 0.25) is 0 Å². The minimum Gasteiger partial charge on any atom is -0.497 e. The molecule has 162 valence electrons. The Morgan fingerprint density at radius 2 is 1.72 bits per heavy atom. The van der Waals surface area contributed by atoms with E-state index in [0.29, 0.717) is 33.6 Å². The summed E-state index contributed by atoms with van der Waals surface area (Å²) in [4.78, 5) is 24.7. The summed E-state index contributed by atoms with van der Waals surface area (Å²) >= 11 is 0. The number of ether oxygens (including phenoxy) is 2. The van der Waals surface area contributed by atoms with Gasteiger partial charge in [-0.05, 0) is 79.1 Å². The van der Waals surface area contributed by atoms with Crippen molar-refractivity contribution in [2.24, 2.45) is 0 Å². The molecule has 1 aromatic heterocycles. The van der Waals surface area contributed by atoms with Gasteiger partial charge in [-0.15, -0.1) is 0 Å². The van der Waals surface area contributed by atoms with E-state index in [1.807, 2.05) is 19.9 Å². The highest BCUT2D eigenvalue weighted by Gasteiger charge is 2.19. The number of methoxy groups -OCH3 is 1. The molecule has 0 saturated carbocycles. The predicted octanol–water partition coefficient (Wildman–Crippen LogP) is 5.36. The number of carboxylic acid groups (broad SMARTS) is 1. The van der Waals surface area contributed by atoms with Crippen molar-refractivity contribution in [3.05, 3.63) is 93.1 Å². The highest BCUT2D eigenvalue weighted by atomic mass is 16.5. The van der Waals surface area contributed by atoms with E-state index in [4.69, 9.17) is 13.9 Å². The summed E-state index contributed by atoms with van der Waals surface area (Å²) in [7, 11) is 1.58. The first-order valence-corrected chi connectivity index (χ1v) is 10.0. The summed E-state index contributed by atoms with van der Waals surface area (Å²) in [5.41, 5.74) is 3.63. The second-order valence-corrected chi connectivity index (χ2v) is 7.54. The molecule has 0 atom stereocenters. The summed E-state index contributed by atoms with van der Waals surface area (Å²) in [6.45, 7) is 3.91. The third-order valence-corrected chi connectivity index (χ3v) is 5.37. The molecule has 6 nitrogen and oxygen atoms in total. The summed E-state index contributed by atoms with van der Waals surface area (Å²) < 4.78 is 17.3. The second-order valence-electron chi connectivity index (χ2n) is 7.54. The van der Waals surface area contributed by atoms with Crippen LogP contribution in [-0.4, -0.2) is 18.2 Å². The maximum atomic E-state index is 13.4. The lowest BCUT2D eigenvalue weighted by molar-refractivity contribution is 0.0696. The number of hydrogen-bond donors (Lipinski definition) is 1. The fourth-order valence-corrected chi connectivity index (χ4v) is 3.45. The highest BCUT2D eigenvalue weighted by Crippen LogP contribution is 2.33. The molecule has 0 aliphatic rings. The Bertz CT molecular complexity index is 1370. The lowest BCUT2D eigenvalue weighted by atomic mass is 10.0. The van der Waals surface area contributed by atoms with Crippen LogP contribution >= 0.6 is 0 Å². The number of aromatic carboxylic acids is 1. The van der Waals surface area contributed by atoms with E-state index in [9.17, 15) is 14.7 Å². The monoisotopic (exact) mass is 430 g/mol. The molecule has 1 heterocycles. The Morgan fingerprint density at radius 1 is 1.00 bits per heavy atom. The lowest BCUT2D eigenvalue weighted by Gasteiger charge is -2.13. The van der Waals surface area contributed by atoms with Gasteiger partial charge in [-0.2, -0.15) is 0 Å². The number of fused-ring (bicyclic) bond motifs is 1. The minimum atomic E-state index is -1.03. The van der Waals surface area contributed by atoms with E-state index in [0.717, 1.165) is 11.1 Å². The molecule has 3 aromatic carbocycles. The van der Waals surface area contributed by atoms with Crippen molar-refractivity contribution < 1.29 is 23.8 Å². The van der Waals surface area contributed by atoms with E-state index >= 15 is 0 Å². The van der Waals surface area contributed by atoms with E-state index in [2.05, 4.69) is 0 Å². The Balaban J connectivity index is 1.83. The van der Waals surface area contributed by atoms with Gasteiger partial charge in [-0.25, -0.2) is 4.79 Å². The van der Waals surface area contributed by atoms with Crippen molar-refractivity contribution in [3.63, 3.8) is 0 Å². The smallest absolute Gasteiger partial charge is 0.335 e. The van der Waals surface area contributed by atoms with Gasteiger partial charge in [0.15, 0.2) is 5.76 Å². The molecule has 0 amide bonds. The topological polar surface area (TPSA) is 86.0 Å². The zero-order chi connectivity index (χ0) is 22.8. The Hall–Kier alpha value is -4.06. The maximum absolute atomic E-state index is 13.4. The number of carbonyl (C=O) groups is 1. The number of aryl methyl sites for hydroxylation is 2.